The highest BCUT2D eigenvalue weighted by molar-refractivity contribution is 5.71. The summed E-state index contributed by atoms with van der Waals surface area (Å²) in [7, 11) is 0. The molecule has 6 heterocycles. The fraction of sp³-hybridized carbons (Fsp3) is 0.471. The number of carbonyl (C=O) groups is 1. The summed E-state index contributed by atoms with van der Waals surface area (Å²) in [6.45, 7) is 9.01. The second-order valence-corrected chi connectivity index (χ2v) is 12.9. The van der Waals surface area contributed by atoms with Crippen LogP contribution in [0.3, 0.4) is 0 Å². The van der Waals surface area contributed by atoms with Gasteiger partial charge in [0, 0.05) is 42.7 Å². The van der Waals surface area contributed by atoms with Crippen LogP contribution in [0, 0.1) is 17.7 Å². The second-order valence-electron chi connectivity index (χ2n) is 12.9. The zero-order chi connectivity index (χ0) is 33.8. The van der Waals surface area contributed by atoms with Crippen LogP contribution in [0.15, 0.2) is 24.3 Å². The molecule has 0 saturated carbocycles. The van der Waals surface area contributed by atoms with Crippen LogP contribution in [0.4, 0.5) is 29.1 Å². The topological polar surface area (TPSA) is 112 Å². The maximum Gasteiger partial charge on any atom is 0.418 e. The van der Waals surface area contributed by atoms with Crippen molar-refractivity contribution in [2.24, 2.45) is 0 Å². The van der Waals surface area contributed by atoms with E-state index < -0.39 is 40.5 Å². The number of benzene rings is 1. The number of hydrogen-bond acceptors (Lipinski definition) is 9. The summed E-state index contributed by atoms with van der Waals surface area (Å²) in [5.41, 5.74) is 6.11. The number of aromatic nitrogens is 4. The van der Waals surface area contributed by atoms with E-state index in [1.807, 2.05) is 4.90 Å². The summed E-state index contributed by atoms with van der Waals surface area (Å²) < 4.78 is 73.3. The first-order valence-electron chi connectivity index (χ1n) is 15.9. The number of aryl methyl sites for hydroxylation is 1. The van der Waals surface area contributed by atoms with Crippen LogP contribution in [0.1, 0.15) is 82.8 Å². The number of rotatable bonds is 6. The number of nitrogens with zero attached hydrogens (tertiary/aromatic N) is 6. The molecule has 14 heteroatoms. The van der Waals surface area contributed by atoms with Gasteiger partial charge < -0.3 is 20.1 Å². The third-order valence-corrected chi connectivity index (χ3v) is 9.71. The van der Waals surface area contributed by atoms with E-state index in [1.54, 1.807) is 10.7 Å². The molecule has 7 rings (SSSR count). The molecule has 2 fully saturated rings. The highest BCUT2D eigenvalue weighted by atomic mass is 19.4. The largest absolute Gasteiger partial charge is 0.461 e. The molecule has 2 saturated heterocycles. The fourth-order valence-electron chi connectivity index (χ4n) is 7.65. The van der Waals surface area contributed by atoms with Crippen molar-refractivity contribution in [3.63, 3.8) is 0 Å². The lowest BCUT2D eigenvalue weighted by molar-refractivity contribution is -0.140. The van der Waals surface area contributed by atoms with Gasteiger partial charge in [-0.1, -0.05) is 18.1 Å². The smallest absolute Gasteiger partial charge is 0.418 e. The Hall–Kier alpha value is -4.48. The van der Waals surface area contributed by atoms with Gasteiger partial charge in [-0.3, -0.25) is 14.4 Å². The Morgan fingerprint density at radius 2 is 2.04 bits per heavy atom. The molecule has 0 spiro atoms. The molecule has 10 nitrogen and oxygen atoms in total. The van der Waals surface area contributed by atoms with Crippen molar-refractivity contribution in [2.45, 2.75) is 76.5 Å². The summed E-state index contributed by atoms with van der Waals surface area (Å²) >= 11 is 0. The third kappa shape index (κ3) is 5.68. The van der Waals surface area contributed by atoms with E-state index >= 15 is 4.39 Å². The molecule has 0 amide bonds. The Morgan fingerprint density at radius 1 is 1.21 bits per heavy atom. The molecule has 0 aliphatic carbocycles. The predicted octanol–water partition coefficient (Wildman–Crippen LogP) is 4.99. The lowest BCUT2D eigenvalue weighted by atomic mass is 9.91. The normalized spacial score (nSPS) is 22.4. The minimum atomic E-state index is -4.93. The zero-order valence-electron chi connectivity index (χ0n) is 26.5. The van der Waals surface area contributed by atoms with Crippen molar-refractivity contribution in [3.8, 4) is 17.9 Å². The van der Waals surface area contributed by atoms with Gasteiger partial charge in [-0.05, 0) is 51.3 Å². The molecule has 0 unspecified atom stereocenters. The Kier molecular flexibility index (Phi) is 8.15. The van der Waals surface area contributed by atoms with Crippen molar-refractivity contribution in [1.82, 2.24) is 24.6 Å². The van der Waals surface area contributed by atoms with Crippen LogP contribution >= 0.6 is 0 Å². The molecule has 0 radical (unpaired) electrons. The second kappa shape index (κ2) is 12.2. The van der Waals surface area contributed by atoms with Gasteiger partial charge in [0.1, 0.15) is 18.1 Å². The molecule has 4 aliphatic rings. The van der Waals surface area contributed by atoms with Crippen molar-refractivity contribution in [1.29, 1.82) is 0 Å². The molecular formula is C34H35F4N7O3. The van der Waals surface area contributed by atoms with E-state index in [0.29, 0.717) is 61.7 Å². The van der Waals surface area contributed by atoms with Crippen molar-refractivity contribution in [2.75, 3.05) is 36.9 Å². The van der Waals surface area contributed by atoms with Crippen LogP contribution in [0.2, 0.25) is 0 Å². The van der Waals surface area contributed by atoms with Crippen molar-refractivity contribution in [3.05, 3.63) is 69.4 Å². The highest BCUT2D eigenvalue weighted by Crippen LogP contribution is 2.45. The van der Waals surface area contributed by atoms with E-state index in [0.717, 1.165) is 49.7 Å². The zero-order valence-corrected chi connectivity index (χ0v) is 26.5. The number of hydrogen-bond donors (Lipinski definition) is 1. The monoisotopic (exact) mass is 665 g/mol. The van der Waals surface area contributed by atoms with Gasteiger partial charge in [-0.2, -0.15) is 28.2 Å². The fourth-order valence-corrected chi connectivity index (χ4v) is 7.65. The Morgan fingerprint density at radius 3 is 2.81 bits per heavy atom. The van der Waals surface area contributed by atoms with Crippen LogP contribution in [-0.2, 0) is 37.0 Å². The summed E-state index contributed by atoms with van der Waals surface area (Å²) in [5, 5.41) is 4.36. The number of ether oxygens (including phenoxy) is 2. The van der Waals surface area contributed by atoms with E-state index in [-0.39, 0.29) is 24.6 Å². The van der Waals surface area contributed by atoms with Gasteiger partial charge in [0.2, 0.25) is 0 Å². The molecule has 2 N–H and O–H groups in total. The van der Waals surface area contributed by atoms with E-state index in [1.165, 1.54) is 6.92 Å². The molecule has 3 aromatic rings. The van der Waals surface area contributed by atoms with Gasteiger partial charge >= 0.3 is 12.2 Å². The predicted molar refractivity (Wildman–Crippen MR) is 168 cm³/mol. The van der Waals surface area contributed by atoms with Crippen LogP contribution in [0.25, 0.3) is 0 Å². The summed E-state index contributed by atoms with van der Waals surface area (Å²) in [5.74, 6) is 4.21. The molecule has 48 heavy (non-hydrogen) atoms. The number of carbonyl (C=O) groups excluding carboxylic acids is 1. The summed E-state index contributed by atoms with van der Waals surface area (Å²) in [6.07, 6.45) is -2.30. The van der Waals surface area contributed by atoms with E-state index in [4.69, 9.17) is 25.2 Å². The Balaban J connectivity index is 1.29. The number of alkyl halides is 3. The standard InChI is InChI=1S/C34H35F4N7O3/c1-3-6-21-11-25(39)30(35)28(29(21)34(36,37)38)27-13-26-24(18-47-27)31(43-8-5-10-45-23(16-43)12-22(17-46)42-45)41-32(40-26)48-19-33-7-4-9-44(33)15-20(2)14-33/h11-12,17,27H,2,4-5,7-10,13-16,18-19,39H2,1H3/t27-,33-/m1/s1. The molecule has 1 aromatic carbocycles. The average molecular weight is 666 g/mol. The molecule has 252 valence electrons. The van der Waals surface area contributed by atoms with Crippen molar-refractivity contribution >= 4 is 17.8 Å². The number of nitrogen functional groups attached to an aromatic ring is 1. The van der Waals surface area contributed by atoms with Gasteiger partial charge in [0.25, 0.3) is 0 Å². The molecule has 2 atom stereocenters. The van der Waals surface area contributed by atoms with Crippen LogP contribution in [-0.4, -0.2) is 62.7 Å². The van der Waals surface area contributed by atoms with Crippen molar-refractivity contribution < 1.29 is 31.8 Å². The molecule has 0 bridgehead atoms. The molecule has 2 aromatic heterocycles. The lowest BCUT2D eigenvalue weighted by Gasteiger charge is -2.33. The number of aldehydes is 1. The maximum absolute atomic E-state index is 15.6. The highest BCUT2D eigenvalue weighted by Gasteiger charge is 2.47. The van der Waals surface area contributed by atoms with Gasteiger partial charge in [-0.15, -0.1) is 5.92 Å². The Labute approximate surface area is 274 Å². The molecule has 4 aliphatic heterocycles. The SMILES string of the molecule is C=C1CN2CCC[C@]2(COc2nc3c(c(N4CCCn5nc(C=O)cc5C4)n2)CO[C@@H](c2c(F)c(N)cc(C#CC)c2C(F)(F)F)C3)C1. The Bertz CT molecular complexity index is 1860. The lowest BCUT2D eigenvalue weighted by Crippen LogP contribution is -2.43. The number of halogens is 4. The number of fused-ring (bicyclic) bond motifs is 3. The van der Waals surface area contributed by atoms with Crippen LogP contribution in [0.5, 0.6) is 6.01 Å². The number of nitrogens with two attached hydrogens (primary N) is 1. The summed E-state index contributed by atoms with van der Waals surface area (Å²) in [6, 6.07) is 2.71. The first-order valence-corrected chi connectivity index (χ1v) is 15.9. The first kappa shape index (κ1) is 32.1. The molecular weight excluding hydrogens is 630 g/mol. The quantitative estimate of drug-likeness (QED) is 0.128. The van der Waals surface area contributed by atoms with E-state index in [2.05, 4.69) is 28.4 Å². The minimum absolute atomic E-state index is 0.0797. The van der Waals surface area contributed by atoms with Gasteiger partial charge in [-0.25, -0.2) is 4.39 Å². The minimum Gasteiger partial charge on any atom is -0.461 e. The average Bonchev–Trinajstić information content (AvgIpc) is 3.67. The van der Waals surface area contributed by atoms with Crippen LogP contribution < -0.4 is 15.4 Å². The maximum atomic E-state index is 15.6. The first-order chi connectivity index (χ1) is 23.0. The van der Waals surface area contributed by atoms with E-state index in [9.17, 15) is 18.0 Å². The third-order valence-electron chi connectivity index (χ3n) is 9.71. The van der Waals surface area contributed by atoms with Gasteiger partial charge in [0.05, 0.1) is 47.4 Å². The number of anilines is 2. The summed E-state index contributed by atoms with van der Waals surface area (Å²) in [4.78, 5) is 25.4. The van der Waals surface area contributed by atoms with Gasteiger partial charge in [0.15, 0.2) is 12.1 Å².